The number of nitrogens with zero attached hydrogens (tertiary/aromatic N) is 2. The molecule has 0 radical (unpaired) electrons. The highest BCUT2D eigenvalue weighted by Crippen LogP contribution is 2.42. The third-order valence-electron chi connectivity index (χ3n) is 4.33. The minimum absolute atomic E-state index is 0.439. The second-order valence-electron chi connectivity index (χ2n) is 5.36. The van der Waals surface area contributed by atoms with Crippen molar-refractivity contribution in [3.63, 3.8) is 0 Å². The second kappa shape index (κ2) is 5.13. The molecule has 1 heterocycles. The number of hydrogen-bond acceptors (Lipinski definition) is 3. The summed E-state index contributed by atoms with van der Waals surface area (Å²) in [5, 5.41) is 14.0. The van der Waals surface area contributed by atoms with E-state index >= 15 is 0 Å². The van der Waals surface area contributed by atoms with Crippen LogP contribution in [0.3, 0.4) is 0 Å². The first-order chi connectivity index (χ1) is 9.26. The van der Waals surface area contributed by atoms with Gasteiger partial charge in [0.25, 0.3) is 0 Å². The minimum Gasteiger partial charge on any atom is -0.315 e. The molecule has 1 fully saturated rings. The Morgan fingerprint density at radius 3 is 3.05 bits per heavy atom. The van der Waals surface area contributed by atoms with Crippen LogP contribution in [0.5, 0.6) is 0 Å². The summed E-state index contributed by atoms with van der Waals surface area (Å²) in [6.45, 7) is 3.94. The van der Waals surface area contributed by atoms with E-state index in [1.54, 1.807) is 0 Å². The van der Waals surface area contributed by atoms with E-state index in [1.807, 2.05) is 18.2 Å². The zero-order chi connectivity index (χ0) is 13.3. The highest BCUT2D eigenvalue weighted by molar-refractivity contribution is 6.30. The molecule has 1 aliphatic heterocycles. The highest BCUT2D eigenvalue weighted by Gasteiger charge is 2.44. The number of halogens is 1. The molecule has 3 nitrogen and oxygen atoms in total. The van der Waals surface area contributed by atoms with Gasteiger partial charge in [-0.1, -0.05) is 17.7 Å². The fraction of sp³-hybridized carbons (Fsp3) is 0.533. The first-order valence-corrected chi connectivity index (χ1v) is 7.30. The van der Waals surface area contributed by atoms with Gasteiger partial charge in [0.2, 0.25) is 0 Å². The Hall–Kier alpha value is -1.08. The lowest BCUT2D eigenvalue weighted by molar-refractivity contribution is 0.146. The largest absolute Gasteiger partial charge is 0.315 e. The van der Waals surface area contributed by atoms with Crippen LogP contribution in [0.1, 0.15) is 24.0 Å². The number of benzene rings is 1. The van der Waals surface area contributed by atoms with Crippen molar-refractivity contribution in [1.82, 2.24) is 10.2 Å². The van der Waals surface area contributed by atoms with Gasteiger partial charge in [0.15, 0.2) is 0 Å². The Labute approximate surface area is 119 Å². The number of hydrogen-bond donors (Lipinski definition) is 1. The molecule has 1 aliphatic carbocycles. The van der Waals surface area contributed by atoms with Crippen LogP contribution in [0.2, 0.25) is 5.02 Å². The van der Waals surface area contributed by atoms with Crippen molar-refractivity contribution < 1.29 is 0 Å². The molecule has 1 aromatic carbocycles. The molecule has 2 aliphatic rings. The Kier molecular flexibility index (Phi) is 3.49. The molecule has 0 spiro atoms. The fourth-order valence-electron chi connectivity index (χ4n) is 3.37. The molecular formula is C15H18ClN3. The Balaban J connectivity index is 2.00. The summed E-state index contributed by atoms with van der Waals surface area (Å²) in [6, 6.07) is 8.58. The molecule has 1 aromatic rings. The Morgan fingerprint density at radius 1 is 1.32 bits per heavy atom. The van der Waals surface area contributed by atoms with E-state index in [-0.39, 0.29) is 0 Å². The van der Waals surface area contributed by atoms with E-state index in [9.17, 15) is 5.26 Å². The van der Waals surface area contributed by atoms with Crippen LogP contribution < -0.4 is 5.32 Å². The van der Waals surface area contributed by atoms with E-state index in [0.717, 1.165) is 50.5 Å². The van der Waals surface area contributed by atoms with Crippen molar-refractivity contribution in [3.05, 3.63) is 34.3 Å². The number of nitriles is 1. The molecule has 0 amide bonds. The van der Waals surface area contributed by atoms with Crippen molar-refractivity contribution in [2.45, 2.75) is 24.8 Å². The van der Waals surface area contributed by atoms with Gasteiger partial charge in [-0.2, -0.15) is 5.26 Å². The number of rotatable bonds is 1. The summed E-state index contributed by atoms with van der Waals surface area (Å²) in [6.07, 6.45) is 2.94. The second-order valence-corrected chi connectivity index (χ2v) is 5.80. The molecule has 0 saturated carbocycles. The average Bonchev–Trinajstić information content (AvgIpc) is 2.62. The number of aryl methyl sites for hydroxylation is 1. The van der Waals surface area contributed by atoms with E-state index < -0.39 is 5.54 Å². The summed E-state index contributed by atoms with van der Waals surface area (Å²) in [5.74, 6) is 0. The molecule has 1 saturated heterocycles. The lowest BCUT2D eigenvalue weighted by Crippen LogP contribution is -2.45. The third kappa shape index (κ3) is 2.14. The maximum absolute atomic E-state index is 9.83. The van der Waals surface area contributed by atoms with Gasteiger partial charge >= 0.3 is 0 Å². The van der Waals surface area contributed by atoms with E-state index in [0.29, 0.717) is 0 Å². The van der Waals surface area contributed by atoms with Crippen LogP contribution in [0.4, 0.5) is 0 Å². The molecule has 19 heavy (non-hydrogen) atoms. The molecule has 1 N–H and O–H groups in total. The van der Waals surface area contributed by atoms with Crippen LogP contribution >= 0.6 is 11.6 Å². The zero-order valence-electron chi connectivity index (χ0n) is 11.0. The molecule has 1 atom stereocenters. The predicted octanol–water partition coefficient (Wildman–Crippen LogP) is 2.30. The van der Waals surface area contributed by atoms with E-state index in [2.05, 4.69) is 16.3 Å². The third-order valence-corrected chi connectivity index (χ3v) is 4.57. The van der Waals surface area contributed by atoms with Gasteiger partial charge in [0, 0.05) is 24.7 Å². The Bertz CT molecular complexity index is 515. The standard InChI is InChI=1S/C15H18ClN3/c16-13-2-3-14-12(10-13)4-5-15(14,11-17)19-8-1-6-18-7-9-19/h2-3,10,18H,1,4-9H2. The van der Waals surface area contributed by atoms with Gasteiger partial charge in [-0.05, 0) is 49.1 Å². The van der Waals surface area contributed by atoms with E-state index in [1.165, 1.54) is 11.1 Å². The molecule has 1 unspecified atom stereocenters. The van der Waals surface area contributed by atoms with Crippen LogP contribution in [-0.4, -0.2) is 31.1 Å². The van der Waals surface area contributed by atoms with Gasteiger partial charge in [0.05, 0.1) is 6.07 Å². The van der Waals surface area contributed by atoms with Crippen LogP contribution in [0.15, 0.2) is 18.2 Å². The smallest absolute Gasteiger partial charge is 0.135 e. The quantitative estimate of drug-likeness (QED) is 0.855. The van der Waals surface area contributed by atoms with Gasteiger partial charge in [-0.15, -0.1) is 0 Å². The lowest BCUT2D eigenvalue weighted by Gasteiger charge is -2.35. The maximum atomic E-state index is 9.83. The Morgan fingerprint density at radius 2 is 2.21 bits per heavy atom. The summed E-state index contributed by atoms with van der Waals surface area (Å²) in [7, 11) is 0. The van der Waals surface area contributed by atoms with Gasteiger partial charge in [-0.25, -0.2) is 0 Å². The normalized spacial score (nSPS) is 27.6. The first-order valence-electron chi connectivity index (χ1n) is 6.92. The molecule has 0 bridgehead atoms. The van der Waals surface area contributed by atoms with Crippen molar-refractivity contribution in [2.24, 2.45) is 0 Å². The van der Waals surface area contributed by atoms with Crippen LogP contribution in [-0.2, 0) is 12.0 Å². The number of fused-ring (bicyclic) bond motifs is 1. The maximum Gasteiger partial charge on any atom is 0.135 e. The number of nitrogens with one attached hydrogen (secondary N) is 1. The SMILES string of the molecule is N#CC1(N2CCCNCC2)CCc2cc(Cl)ccc21. The zero-order valence-corrected chi connectivity index (χ0v) is 11.7. The predicted molar refractivity (Wildman–Crippen MR) is 76.1 cm³/mol. The highest BCUT2D eigenvalue weighted by atomic mass is 35.5. The summed E-state index contributed by atoms with van der Waals surface area (Å²) >= 11 is 6.07. The van der Waals surface area contributed by atoms with Gasteiger partial charge in [-0.3, -0.25) is 4.90 Å². The topological polar surface area (TPSA) is 39.1 Å². The summed E-state index contributed by atoms with van der Waals surface area (Å²) in [5.41, 5.74) is 1.97. The molecular weight excluding hydrogens is 258 g/mol. The molecule has 100 valence electrons. The molecule has 0 aromatic heterocycles. The van der Waals surface area contributed by atoms with Gasteiger partial charge in [0.1, 0.15) is 5.54 Å². The fourth-order valence-corrected chi connectivity index (χ4v) is 3.56. The van der Waals surface area contributed by atoms with Crippen molar-refractivity contribution >= 4 is 11.6 Å². The monoisotopic (exact) mass is 275 g/mol. The molecule has 3 rings (SSSR count). The van der Waals surface area contributed by atoms with Crippen molar-refractivity contribution in [2.75, 3.05) is 26.2 Å². The molecule has 4 heteroatoms. The van der Waals surface area contributed by atoms with Crippen LogP contribution in [0, 0.1) is 11.3 Å². The van der Waals surface area contributed by atoms with E-state index in [4.69, 9.17) is 11.6 Å². The van der Waals surface area contributed by atoms with Crippen molar-refractivity contribution in [3.8, 4) is 6.07 Å². The van der Waals surface area contributed by atoms with Gasteiger partial charge < -0.3 is 5.32 Å². The van der Waals surface area contributed by atoms with Crippen LogP contribution in [0.25, 0.3) is 0 Å². The van der Waals surface area contributed by atoms with Crippen molar-refractivity contribution in [1.29, 1.82) is 5.26 Å². The first kappa shape index (κ1) is 12.9. The summed E-state index contributed by atoms with van der Waals surface area (Å²) in [4.78, 5) is 2.35. The lowest BCUT2D eigenvalue weighted by atomic mass is 9.91. The summed E-state index contributed by atoms with van der Waals surface area (Å²) < 4.78 is 0. The minimum atomic E-state index is -0.439. The average molecular weight is 276 g/mol.